The maximum Gasteiger partial charge on any atom is 0.310 e. The van der Waals surface area contributed by atoms with Crippen LogP contribution in [0.3, 0.4) is 0 Å². The molecule has 4 nitrogen and oxygen atoms in total. The van der Waals surface area contributed by atoms with Crippen LogP contribution in [0.1, 0.15) is 5.56 Å². The fourth-order valence-corrected chi connectivity index (χ4v) is 2.11. The summed E-state index contributed by atoms with van der Waals surface area (Å²) in [5.74, 6) is -0.313. The summed E-state index contributed by atoms with van der Waals surface area (Å²) in [6.45, 7) is 0. The Morgan fingerprint density at radius 3 is 3.06 bits per heavy atom. The molecule has 0 saturated heterocycles. The Hall–Kier alpha value is -1.07. The van der Waals surface area contributed by atoms with Gasteiger partial charge in [0, 0.05) is 10.0 Å². The minimum Gasteiger partial charge on any atom is -0.469 e. The summed E-state index contributed by atoms with van der Waals surface area (Å²) in [6.07, 6.45) is 0.162. The van der Waals surface area contributed by atoms with Gasteiger partial charge >= 0.3 is 5.97 Å². The maximum atomic E-state index is 11.3. The van der Waals surface area contributed by atoms with Crippen molar-refractivity contribution in [3.05, 3.63) is 27.5 Å². The molecule has 0 aliphatic heterocycles. The SMILES string of the molecule is COC(=O)Cc1c(Br)ccc2[nH]c(Cl)nc12. The minimum absolute atomic E-state index is 0.162. The van der Waals surface area contributed by atoms with Crippen molar-refractivity contribution in [3.8, 4) is 0 Å². The third-order valence-electron chi connectivity index (χ3n) is 2.22. The lowest BCUT2D eigenvalue weighted by Gasteiger charge is -2.03. The highest BCUT2D eigenvalue weighted by Crippen LogP contribution is 2.26. The third kappa shape index (κ3) is 2.05. The zero-order chi connectivity index (χ0) is 11.7. The number of ether oxygens (including phenoxy) is 1. The summed E-state index contributed by atoms with van der Waals surface area (Å²) in [5, 5.41) is 0.305. The minimum atomic E-state index is -0.313. The number of hydrogen-bond acceptors (Lipinski definition) is 3. The molecule has 0 saturated carbocycles. The highest BCUT2D eigenvalue weighted by molar-refractivity contribution is 9.10. The fourth-order valence-electron chi connectivity index (χ4n) is 1.46. The van der Waals surface area contributed by atoms with Crippen LogP contribution in [0.5, 0.6) is 0 Å². The molecule has 0 spiro atoms. The molecule has 0 fully saturated rings. The molecule has 2 aromatic rings. The van der Waals surface area contributed by atoms with E-state index < -0.39 is 0 Å². The highest BCUT2D eigenvalue weighted by Gasteiger charge is 2.13. The summed E-state index contributed by atoms with van der Waals surface area (Å²) < 4.78 is 5.45. The predicted molar refractivity (Wildman–Crippen MR) is 64.5 cm³/mol. The number of carbonyl (C=O) groups excluding carboxylic acids is 1. The summed E-state index contributed by atoms with van der Waals surface area (Å²) in [5.41, 5.74) is 2.25. The number of rotatable bonds is 2. The second kappa shape index (κ2) is 4.43. The van der Waals surface area contributed by atoms with Gasteiger partial charge in [-0.25, -0.2) is 4.98 Å². The van der Waals surface area contributed by atoms with Gasteiger partial charge in [-0.1, -0.05) is 15.9 Å². The first-order valence-electron chi connectivity index (χ1n) is 4.51. The molecular weight excluding hydrogens is 295 g/mol. The van der Waals surface area contributed by atoms with E-state index >= 15 is 0 Å². The van der Waals surface area contributed by atoms with Crippen LogP contribution in [0.4, 0.5) is 0 Å². The number of benzene rings is 1. The lowest BCUT2D eigenvalue weighted by atomic mass is 10.1. The van der Waals surface area contributed by atoms with Crippen LogP contribution in [0, 0.1) is 0 Å². The van der Waals surface area contributed by atoms with Gasteiger partial charge in [0.2, 0.25) is 5.28 Å². The van der Waals surface area contributed by atoms with Crippen LogP contribution >= 0.6 is 27.5 Å². The predicted octanol–water partition coefficient (Wildman–Crippen LogP) is 2.69. The number of esters is 1. The molecule has 0 bridgehead atoms. The molecular formula is C10H8BrClN2O2. The standard InChI is InChI=1S/C10H8BrClN2O2/c1-16-8(15)4-5-6(11)2-3-7-9(5)14-10(12)13-7/h2-3H,4H2,1H3,(H,13,14). The van der Waals surface area contributed by atoms with Crippen LogP contribution in [-0.4, -0.2) is 23.0 Å². The van der Waals surface area contributed by atoms with E-state index in [1.54, 1.807) is 0 Å². The molecule has 6 heteroatoms. The van der Waals surface area contributed by atoms with Gasteiger partial charge < -0.3 is 9.72 Å². The van der Waals surface area contributed by atoms with E-state index in [1.165, 1.54) is 7.11 Å². The Morgan fingerprint density at radius 1 is 1.62 bits per heavy atom. The number of hydrogen-bond donors (Lipinski definition) is 1. The first kappa shape index (κ1) is 11.4. The molecule has 0 aliphatic rings. The quantitative estimate of drug-likeness (QED) is 0.868. The van der Waals surface area contributed by atoms with Gasteiger partial charge in [-0.15, -0.1) is 0 Å². The molecule has 0 unspecified atom stereocenters. The number of fused-ring (bicyclic) bond motifs is 1. The van der Waals surface area contributed by atoms with Gasteiger partial charge in [-0.2, -0.15) is 0 Å². The van der Waals surface area contributed by atoms with Crippen molar-refractivity contribution in [3.63, 3.8) is 0 Å². The van der Waals surface area contributed by atoms with Crippen molar-refractivity contribution < 1.29 is 9.53 Å². The molecule has 0 aliphatic carbocycles. The third-order valence-corrected chi connectivity index (χ3v) is 3.14. The van der Waals surface area contributed by atoms with Gasteiger partial charge in [0.1, 0.15) is 0 Å². The van der Waals surface area contributed by atoms with Crippen molar-refractivity contribution >= 4 is 44.5 Å². The van der Waals surface area contributed by atoms with Crippen LogP contribution in [-0.2, 0) is 16.0 Å². The number of carbonyl (C=O) groups is 1. The molecule has 0 atom stereocenters. The van der Waals surface area contributed by atoms with Gasteiger partial charge in [-0.05, 0) is 23.7 Å². The van der Waals surface area contributed by atoms with Gasteiger partial charge in [-0.3, -0.25) is 4.79 Å². The Balaban J connectivity index is 2.56. The smallest absolute Gasteiger partial charge is 0.310 e. The first-order valence-corrected chi connectivity index (χ1v) is 5.68. The highest BCUT2D eigenvalue weighted by atomic mass is 79.9. The average Bonchev–Trinajstić information content (AvgIpc) is 2.63. The normalized spacial score (nSPS) is 10.7. The van der Waals surface area contributed by atoms with Crippen molar-refractivity contribution in [1.29, 1.82) is 0 Å². The Kier molecular flexibility index (Phi) is 3.16. The average molecular weight is 304 g/mol. The van der Waals surface area contributed by atoms with Crippen LogP contribution in [0.15, 0.2) is 16.6 Å². The number of nitrogens with zero attached hydrogens (tertiary/aromatic N) is 1. The van der Waals surface area contributed by atoms with E-state index in [-0.39, 0.29) is 12.4 Å². The number of imidazole rings is 1. The number of nitrogens with one attached hydrogen (secondary N) is 1. The van der Waals surface area contributed by atoms with Crippen molar-refractivity contribution in [2.45, 2.75) is 6.42 Å². The second-order valence-electron chi connectivity index (χ2n) is 3.20. The van der Waals surface area contributed by atoms with Crippen LogP contribution in [0.2, 0.25) is 5.28 Å². The molecule has 1 aromatic carbocycles. The van der Waals surface area contributed by atoms with Crippen LogP contribution in [0.25, 0.3) is 11.0 Å². The molecule has 0 amide bonds. The summed E-state index contributed by atoms with van der Waals surface area (Å²) in [7, 11) is 1.36. The summed E-state index contributed by atoms with van der Waals surface area (Å²) >= 11 is 9.16. The number of H-pyrrole nitrogens is 1. The van der Waals surface area contributed by atoms with Crippen LogP contribution < -0.4 is 0 Å². The summed E-state index contributed by atoms with van der Waals surface area (Å²) in [4.78, 5) is 18.3. The Bertz CT molecular complexity index is 553. The molecule has 84 valence electrons. The molecule has 16 heavy (non-hydrogen) atoms. The lowest BCUT2D eigenvalue weighted by molar-refractivity contribution is -0.139. The number of aromatic amines is 1. The maximum absolute atomic E-state index is 11.3. The number of halogens is 2. The fraction of sp³-hybridized carbons (Fsp3) is 0.200. The van der Waals surface area contributed by atoms with Crippen molar-refractivity contribution in [2.75, 3.05) is 7.11 Å². The molecule has 1 N–H and O–H groups in total. The van der Waals surface area contributed by atoms with E-state index in [2.05, 4.69) is 30.6 Å². The number of methoxy groups -OCH3 is 1. The van der Waals surface area contributed by atoms with E-state index in [0.717, 1.165) is 15.6 Å². The first-order chi connectivity index (χ1) is 7.61. The van der Waals surface area contributed by atoms with E-state index in [4.69, 9.17) is 11.6 Å². The molecule has 2 rings (SSSR count). The Morgan fingerprint density at radius 2 is 2.38 bits per heavy atom. The zero-order valence-corrected chi connectivity index (χ0v) is 10.7. The van der Waals surface area contributed by atoms with Gasteiger partial charge in [0.05, 0.1) is 24.6 Å². The Labute approximate surface area is 105 Å². The summed E-state index contributed by atoms with van der Waals surface area (Å²) in [6, 6.07) is 3.69. The monoisotopic (exact) mass is 302 g/mol. The van der Waals surface area contributed by atoms with Crippen molar-refractivity contribution in [1.82, 2.24) is 9.97 Å². The molecule has 0 radical (unpaired) electrons. The molecule has 1 aromatic heterocycles. The van der Waals surface area contributed by atoms with Gasteiger partial charge in [0.15, 0.2) is 0 Å². The second-order valence-corrected chi connectivity index (χ2v) is 4.41. The lowest BCUT2D eigenvalue weighted by Crippen LogP contribution is -2.05. The van der Waals surface area contributed by atoms with E-state index in [9.17, 15) is 4.79 Å². The number of aromatic nitrogens is 2. The topological polar surface area (TPSA) is 55.0 Å². The zero-order valence-electron chi connectivity index (χ0n) is 8.38. The molecule has 1 heterocycles. The van der Waals surface area contributed by atoms with E-state index in [1.807, 2.05) is 12.1 Å². The largest absolute Gasteiger partial charge is 0.469 e. The van der Waals surface area contributed by atoms with E-state index in [0.29, 0.717) is 10.8 Å². The van der Waals surface area contributed by atoms with Crippen molar-refractivity contribution in [2.24, 2.45) is 0 Å². The van der Waals surface area contributed by atoms with Gasteiger partial charge in [0.25, 0.3) is 0 Å².